The van der Waals surface area contributed by atoms with Gasteiger partial charge in [0, 0.05) is 17.8 Å². The van der Waals surface area contributed by atoms with E-state index in [4.69, 9.17) is 9.40 Å². The number of fused-ring (bicyclic) bond motifs is 5. The van der Waals surface area contributed by atoms with Gasteiger partial charge in [-0.05, 0) is 42.5 Å². The van der Waals surface area contributed by atoms with Crippen molar-refractivity contribution in [2.45, 2.75) is 0 Å². The molecule has 7 aromatic rings. The predicted octanol–water partition coefficient (Wildman–Crippen LogP) is 5.84. The highest BCUT2D eigenvalue weighted by molar-refractivity contribution is 6.18. The fourth-order valence-electron chi connectivity index (χ4n) is 4.40. The fraction of sp³-hybridized carbons (Fsp3) is 0. The minimum absolute atomic E-state index is 0.710. The molecule has 0 saturated heterocycles. The first-order valence-electron chi connectivity index (χ1n) is 10.8. The Labute approximate surface area is 193 Å². The third kappa shape index (κ3) is 2.80. The van der Waals surface area contributed by atoms with E-state index in [2.05, 4.69) is 26.0 Å². The maximum atomic E-state index is 6.36. The first kappa shape index (κ1) is 18.6. The highest BCUT2D eigenvalue weighted by atomic mass is 16.3. The van der Waals surface area contributed by atoms with Gasteiger partial charge < -0.3 is 4.42 Å². The van der Waals surface area contributed by atoms with Crippen molar-refractivity contribution in [2.75, 3.05) is 0 Å². The summed E-state index contributed by atoms with van der Waals surface area (Å²) in [5.41, 5.74) is 7.10. The molecule has 0 aliphatic carbocycles. The summed E-state index contributed by atoms with van der Waals surface area (Å²) >= 11 is 0. The molecule has 6 heterocycles. The lowest BCUT2D eigenvalue weighted by Gasteiger charge is -2.11. The molecule has 0 unspecified atom stereocenters. The topological polar surface area (TPSA) is 82.5 Å². The summed E-state index contributed by atoms with van der Waals surface area (Å²) in [7, 11) is 0. The van der Waals surface area contributed by atoms with Crippen LogP contribution in [-0.2, 0) is 0 Å². The van der Waals surface area contributed by atoms with Crippen molar-refractivity contribution in [1.82, 2.24) is 29.5 Å². The Morgan fingerprint density at radius 2 is 1.41 bits per heavy atom. The van der Waals surface area contributed by atoms with Gasteiger partial charge in [0.2, 0.25) is 5.71 Å². The Bertz CT molecular complexity index is 1750. The molecule has 7 nitrogen and oxygen atoms in total. The number of furan rings is 1. The quantitative estimate of drug-likeness (QED) is 0.343. The van der Waals surface area contributed by atoms with Crippen molar-refractivity contribution in [2.24, 2.45) is 0 Å². The van der Waals surface area contributed by atoms with Crippen LogP contribution < -0.4 is 0 Å². The number of para-hydroxylation sites is 1. The van der Waals surface area contributed by atoms with Gasteiger partial charge >= 0.3 is 0 Å². The Hall–Kier alpha value is -4.91. The molecule has 7 rings (SSSR count). The molecule has 0 fully saturated rings. The molecule has 0 saturated carbocycles. The van der Waals surface area contributed by atoms with Gasteiger partial charge in [0.05, 0.1) is 45.6 Å². The lowest BCUT2D eigenvalue weighted by atomic mass is 10.1. The van der Waals surface area contributed by atoms with E-state index in [0.29, 0.717) is 5.71 Å². The zero-order valence-electron chi connectivity index (χ0n) is 17.8. The van der Waals surface area contributed by atoms with Crippen LogP contribution in [0.25, 0.3) is 61.6 Å². The average Bonchev–Trinajstić information content (AvgIpc) is 3.44. The second kappa shape index (κ2) is 7.31. The van der Waals surface area contributed by atoms with Gasteiger partial charge in [-0.3, -0.25) is 14.5 Å². The molecular weight excluding hydrogens is 424 g/mol. The molecule has 1 aromatic carbocycles. The highest BCUT2D eigenvalue weighted by Gasteiger charge is 2.21. The van der Waals surface area contributed by atoms with E-state index >= 15 is 0 Å². The molecule has 0 amide bonds. The van der Waals surface area contributed by atoms with Gasteiger partial charge in [0.1, 0.15) is 17.4 Å². The second-order valence-corrected chi connectivity index (χ2v) is 7.90. The molecule has 0 spiro atoms. The van der Waals surface area contributed by atoms with Gasteiger partial charge in [-0.2, -0.15) is 0 Å². The largest absolute Gasteiger partial charge is 0.439 e. The van der Waals surface area contributed by atoms with Crippen LogP contribution in [0.5, 0.6) is 0 Å². The van der Waals surface area contributed by atoms with Crippen LogP contribution in [0.15, 0.2) is 102 Å². The summed E-state index contributed by atoms with van der Waals surface area (Å²) in [6.45, 7) is 0. The SMILES string of the molecule is c1ccc(-c2cc(-n3c4cncnc4c4c5ccccc5oc43)cc(-c3ccccn3)n2)nc1. The summed E-state index contributed by atoms with van der Waals surface area (Å²) in [6.07, 6.45) is 6.91. The van der Waals surface area contributed by atoms with E-state index in [0.717, 1.165) is 55.9 Å². The number of aromatic nitrogens is 6. The van der Waals surface area contributed by atoms with Crippen molar-refractivity contribution in [3.63, 3.8) is 0 Å². The minimum atomic E-state index is 0.710. The normalized spacial score (nSPS) is 11.5. The first-order chi connectivity index (χ1) is 16.9. The molecule has 34 heavy (non-hydrogen) atoms. The third-order valence-corrected chi connectivity index (χ3v) is 5.87. The number of benzene rings is 1. The minimum Gasteiger partial charge on any atom is -0.439 e. The average molecular weight is 440 g/mol. The maximum Gasteiger partial charge on any atom is 0.215 e. The Kier molecular flexibility index (Phi) is 4.01. The van der Waals surface area contributed by atoms with E-state index in [1.54, 1.807) is 18.7 Å². The van der Waals surface area contributed by atoms with Crippen LogP contribution in [0, 0.1) is 0 Å². The molecule has 0 bridgehead atoms. The monoisotopic (exact) mass is 440 g/mol. The fourth-order valence-corrected chi connectivity index (χ4v) is 4.40. The zero-order valence-corrected chi connectivity index (χ0v) is 17.8. The van der Waals surface area contributed by atoms with Crippen LogP contribution in [0.4, 0.5) is 0 Å². The van der Waals surface area contributed by atoms with Gasteiger partial charge in [0.15, 0.2) is 0 Å². The van der Waals surface area contributed by atoms with Crippen LogP contribution >= 0.6 is 0 Å². The summed E-state index contributed by atoms with van der Waals surface area (Å²) in [5.74, 6) is 0. The molecule has 7 heteroatoms. The summed E-state index contributed by atoms with van der Waals surface area (Å²) < 4.78 is 8.40. The summed E-state index contributed by atoms with van der Waals surface area (Å²) in [5, 5.41) is 1.98. The van der Waals surface area contributed by atoms with E-state index in [1.807, 2.05) is 77.5 Å². The molecule has 0 aliphatic heterocycles. The number of nitrogens with zero attached hydrogens (tertiary/aromatic N) is 6. The second-order valence-electron chi connectivity index (χ2n) is 7.90. The van der Waals surface area contributed by atoms with Gasteiger partial charge in [-0.15, -0.1) is 0 Å². The van der Waals surface area contributed by atoms with Crippen molar-refractivity contribution in [3.8, 4) is 28.5 Å². The van der Waals surface area contributed by atoms with Gasteiger partial charge in [-0.25, -0.2) is 15.0 Å². The van der Waals surface area contributed by atoms with E-state index in [9.17, 15) is 0 Å². The number of hydrogen-bond donors (Lipinski definition) is 0. The maximum absolute atomic E-state index is 6.36. The van der Waals surface area contributed by atoms with Crippen molar-refractivity contribution < 1.29 is 4.42 Å². The Morgan fingerprint density at radius 3 is 2.12 bits per heavy atom. The molecule has 0 radical (unpaired) electrons. The smallest absolute Gasteiger partial charge is 0.215 e. The van der Waals surface area contributed by atoms with Crippen LogP contribution in [0.3, 0.4) is 0 Å². The zero-order chi connectivity index (χ0) is 22.5. The van der Waals surface area contributed by atoms with Crippen molar-refractivity contribution in [3.05, 3.63) is 97.7 Å². The van der Waals surface area contributed by atoms with E-state index in [-0.39, 0.29) is 0 Å². The van der Waals surface area contributed by atoms with Gasteiger partial charge in [0.25, 0.3) is 0 Å². The van der Waals surface area contributed by atoms with Crippen LogP contribution in [-0.4, -0.2) is 29.5 Å². The highest BCUT2D eigenvalue weighted by Crippen LogP contribution is 2.38. The first-order valence-corrected chi connectivity index (χ1v) is 10.8. The Balaban J connectivity index is 1.59. The molecule has 0 aliphatic rings. The third-order valence-electron chi connectivity index (χ3n) is 5.87. The number of pyridine rings is 3. The lowest BCUT2D eigenvalue weighted by molar-refractivity contribution is 0.645. The lowest BCUT2D eigenvalue weighted by Crippen LogP contribution is -1.99. The van der Waals surface area contributed by atoms with E-state index < -0.39 is 0 Å². The van der Waals surface area contributed by atoms with Crippen molar-refractivity contribution in [1.29, 1.82) is 0 Å². The van der Waals surface area contributed by atoms with E-state index in [1.165, 1.54) is 0 Å². The van der Waals surface area contributed by atoms with Crippen LogP contribution in [0.2, 0.25) is 0 Å². The predicted molar refractivity (Wildman–Crippen MR) is 130 cm³/mol. The molecule has 6 aromatic heterocycles. The van der Waals surface area contributed by atoms with Crippen LogP contribution in [0.1, 0.15) is 0 Å². The Morgan fingerprint density at radius 1 is 0.706 bits per heavy atom. The van der Waals surface area contributed by atoms with Crippen molar-refractivity contribution >= 4 is 33.1 Å². The molecule has 0 atom stereocenters. The number of rotatable bonds is 3. The standard InChI is InChI=1S/C27H16N6O/c1-2-10-24-18(7-1)25-26-23(15-28-16-31-26)33(27(25)34-24)17-13-21(19-8-3-5-11-29-19)32-22(14-17)20-9-4-6-12-30-20/h1-16H. The molecular formula is C27H16N6O. The number of hydrogen-bond acceptors (Lipinski definition) is 6. The summed E-state index contributed by atoms with van der Waals surface area (Å²) in [4.78, 5) is 22.8. The molecule has 160 valence electrons. The summed E-state index contributed by atoms with van der Waals surface area (Å²) in [6, 6.07) is 23.6. The molecule has 0 N–H and O–H groups in total. The van der Waals surface area contributed by atoms with Gasteiger partial charge in [-0.1, -0.05) is 30.3 Å².